The molecule has 0 radical (unpaired) electrons. The van der Waals surface area contributed by atoms with E-state index in [1.165, 1.54) is 0 Å². The Kier molecular flexibility index (Phi) is 4.27. The number of aromatic nitrogens is 3. The van der Waals surface area contributed by atoms with Crippen molar-refractivity contribution in [1.82, 2.24) is 14.8 Å². The lowest BCUT2D eigenvalue weighted by molar-refractivity contribution is -0.118. The van der Waals surface area contributed by atoms with Gasteiger partial charge in [-0.2, -0.15) is 4.98 Å². The third kappa shape index (κ3) is 3.25. The molecule has 1 unspecified atom stereocenters. The zero-order valence-electron chi connectivity index (χ0n) is 18.7. The number of anilines is 1. The summed E-state index contributed by atoms with van der Waals surface area (Å²) in [6.07, 6.45) is 1.25. The summed E-state index contributed by atoms with van der Waals surface area (Å²) in [7, 11) is 1.63. The van der Waals surface area contributed by atoms with Gasteiger partial charge in [0.2, 0.25) is 12.7 Å². The summed E-state index contributed by atoms with van der Waals surface area (Å²) in [6.45, 7) is 4.43. The van der Waals surface area contributed by atoms with E-state index < -0.39 is 6.04 Å². The Morgan fingerprint density at radius 3 is 2.82 bits per heavy atom. The van der Waals surface area contributed by atoms with Crippen molar-refractivity contribution >= 4 is 11.7 Å². The molecule has 1 N–H and O–H groups in total. The first-order valence-electron chi connectivity index (χ1n) is 11.0. The molecular formula is C25H24N4O4. The summed E-state index contributed by atoms with van der Waals surface area (Å²) in [4.78, 5) is 18.2. The number of rotatable bonds is 3. The lowest BCUT2D eigenvalue weighted by Gasteiger charge is -2.38. The molecule has 0 saturated heterocycles. The summed E-state index contributed by atoms with van der Waals surface area (Å²) < 4.78 is 18.3. The first-order valence-corrected chi connectivity index (χ1v) is 11.0. The molecule has 0 spiro atoms. The average molecular weight is 444 g/mol. The van der Waals surface area contributed by atoms with Crippen LogP contribution < -0.4 is 19.5 Å². The second kappa shape index (κ2) is 7.10. The van der Waals surface area contributed by atoms with Gasteiger partial charge in [-0.3, -0.25) is 4.79 Å². The average Bonchev–Trinajstić information content (AvgIpc) is 3.43. The van der Waals surface area contributed by atoms with Crippen LogP contribution in [0.25, 0.3) is 11.4 Å². The number of methoxy groups -OCH3 is 1. The number of hydrogen-bond acceptors (Lipinski definition) is 7. The number of hydrogen-bond donors (Lipinski definition) is 1. The van der Waals surface area contributed by atoms with Gasteiger partial charge in [0, 0.05) is 23.3 Å². The molecule has 0 fully saturated rings. The third-order valence-electron chi connectivity index (χ3n) is 6.37. The van der Waals surface area contributed by atoms with Gasteiger partial charge in [-0.05, 0) is 41.7 Å². The zero-order chi connectivity index (χ0) is 22.7. The molecule has 8 nitrogen and oxygen atoms in total. The van der Waals surface area contributed by atoms with Gasteiger partial charge in [-0.1, -0.05) is 32.0 Å². The van der Waals surface area contributed by atoms with E-state index in [2.05, 4.69) is 19.2 Å². The molecule has 33 heavy (non-hydrogen) atoms. The molecule has 3 aromatic rings. The molecule has 2 aliphatic heterocycles. The van der Waals surface area contributed by atoms with E-state index in [4.69, 9.17) is 24.3 Å². The molecule has 0 bridgehead atoms. The first-order chi connectivity index (χ1) is 15.9. The number of nitrogens with one attached hydrogen (secondary N) is 1. The molecule has 8 heteroatoms. The molecule has 1 aromatic heterocycles. The van der Waals surface area contributed by atoms with Gasteiger partial charge >= 0.3 is 0 Å². The van der Waals surface area contributed by atoms with Crippen LogP contribution in [0, 0.1) is 5.41 Å². The van der Waals surface area contributed by atoms with Crippen LogP contribution in [0.5, 0.6) is 17.2 Å². The lowest BCUT2D eigenvalue weighted by atomic mass is 9.73. The number of carbonyl (C=O) groups excluding carboxylic acids is 1. The van der Waals surface area contributed by atoms with Crippen LogP contribution in [0.1, 0.15) is 38.3 Å². The lowest BCUT2D eigenvalue weighted by Crippen LogP contribution is -2.36. The second-order valence-corrected chi connectivity index (χ2v) is 9.41. The van der Waals surface area contributed by atoms with Crippen LogP contribution >= 0.6 is 0 Å². The van der Waals surface area contributed by atoms with Gasteiger partial charge in [0.15, 0.2) is 23.1 Å². The summed E-state index contributed by atoms with van der Waals surface area (Å²) in [5.74, 6) is 3.41. The van der Waals surface area contributed by atoms with E-state index in [1.807, 2.05) is 42.5 Å². The highest BCUT2D eigenvalue weighted by Crippen LogP contribution is 2.47. The van der Waals surface area contributed by atoms with Crippen molar-refractivity contribution in [1.29, 1.82) is 0 Å². The van der Waals surface area contributed by atoms with Crippen LogP contribution in [0.4, 0.5) is 5.95 Å². The van der Waals surface area contributed by atoms with Crippen LogP contribution in [0.2, 0.25) is 0 Å². The van der Waals surface area contributed by atoms with E-state index in [0.29, 0.717) is 29.7 Å². The zero-order valence-corrected chi connectivity index (χ0v) is 18.7. The van der Waals surface area contributed by atoms with E-state index in [0.717, 1.165) is 34.6 Å². The number of carbonyl (C=O) groups is 1. The van der Waals surface area contributed by atoms with E-state index in [9.17, 15) is 4.79 Å². The molecule has 2 aromatic carbocycles. The molecular weight excluding hydrogens is 420 g/mol. The normalized spacial score (nSPS) is 20.2. The highest BCUT2D eigenvalue weighted by atomic mass is 16.7. The van der Waals surface area contributed by atoms with Crippen LogP contribution in [0.3, 0.4) is 0 Å². The van der Waals surface area contributed by atoms with Gasteiger partial charge in [-0.15, -0.1) is 5.10 Å². The fraction of sp³-hybridized carbons (Fsp3) is 0.320. The predicted octanol–water partition coefficient (Wildman–Crippen LogP) is 4.34. The molecule has 3 aliphatic rings. The molecule has 6 rings (SSSR count). The Bertz CT molecular complexity index is 1320. The van der Waals surface area contributed by atoms with Crippen LogP contribution in [-0.2, 0) is 4.79 Å². The Labute approximate surface area is 191 Å². The van der Waals surface area contributed by atoms with Crippen LogP contribution in [0.15, 0.2) is 53.7 Å². The maximum absolute atomic E-state index is 13.4. The highest BCUT2D eigenvalue weighted by molar-refractivity contribution is 6.00. The number of ether oxygens (including phenoxy) is 3. The number of Topliss-reactive ketones (excluding diaryl/α,β-unsaturated/α-hetero) is 1. The van der Waals surface area contributed by atoms with E-state index in [-0.39, 0.29) is 18.0 Å². The molecule has 0 saturated carbocycles. The smallest absolute Gasteiger partial charge is 0.231 e. The minimum atomic E-state index is -0.402. The van der Waals surface area contributed by atoms with Gasteiger partial charge in [-0.25, -0.2) is 4.68 Å². The van der Waals surface area contributed by atoms with Gasteiger partial charge in [0.25, 0.3) is 0 Å². The van der Waals surface area contributed by atoms with Crippen molar-refractivity contribution in [3.05, 3.63) is 59.3 Å². The maximum atomic E-state index is 13.4. The Morgan fingerprint density at radius 2 is 1.97 bits per heavy atom. The SMILES string of the molecule is COc1cccc(-c2nc3n(n2)C(c2ccc4c(c2)OCO4)C2=C(CC(C)(C)CC2=O)N3)c1. The van der Waals surface area contributed by atoms with Crippen molar-refractivity contribution < 1.29 is 19.0 Å². The second-order valence-electron chi connectivity index (χ2n) is 9.41. The largest absolute Gasteiger partial charge is 0.497 e. The predicted molar refractivity (Wildman–Crippen MR) is 121 cm³/mol. The standard InChI is InChI=1S/C25H24N4O4/c1-25(2)11-17-21(18(30)12-25)22(14-7-8-19-20(10-14)33-13-32-19)29-24(26-17)27-23(28-29)15-5-4-6-16(9-15)31-3/h4-10,22H,11-13H2,1-3H3,(H,26,27,28). The number of ketones is 1. The Morgan fingerprint density at radius 1 is 1.12 bits per heavy atom. The third-order valence-corrected chi connectivity index (χ3v) is 6.37. The number of benzene rings is 2. The monoisotopic (exact) mass is 444 g/mol. The van der Waals surface area contributed by atoms with Gasteiger partial charge in [0.1, 0.15) is 11.8 Å². The molecule has 0 amide bonds. The highest BCUT2D eigenvalue weighted by Gasteiger charge is 2.42. The van der Waals surface area contributed by atoms with Crippen LogP contribution in [-0.4, -0.2) is 34.5 Å². The molecule has 1 aliphatic carbocycles. The van der Waals surface area contributed by atoms with Crippen molar-refractivity contribution in [3.63, 3.8) is 0 Å². The van der Waals surface area contributed by atoms with Gasteiger partial charge < -0.3 is 19.5 Å². The fourth-order valence-corrected chi connectivity index (χ4v) is 4.88. The van der Waals surface area contributed by atoms with Crippen molar-refractivity contribution in [2.75, 3.05) is 19.2 Å². The summed E-state index contributed by atoms with van der Waals surface area (Å²) >= 11 is 0. The van der Waals surface area contributed by atoms with Gasteiger partial charge in [0.05, 0.1) is 7.11 Å². The minimum Gasteiger partial charge on any atom is -0.497 e. The Balaban J connectivity index is 1.51. The summed E-state index contributed by atoms with van der Waals surface area (Å²) in [5.41, 5.74) is 3.27. The van der Waals surface area contributed by atoms with Crippen molar-refractivity contribution in [2.24, 2.45) is 5.41 Å². The topological polar surface area (TPSA) is 87.5 Å². The van der Waals surface area contributed by atoms with E-state index in [1.54, 1.807) is 11.8 Å². The summed E-state index contributed by atoms with van der Waals surface area (Å²) in [5, 5.41) is 8.26. The van der Waals surface area contributed by atoms with E-state index >= 15 is 0 Å². The molecule has 1 atom stereocenters. The quantitative estimate of drug-likeness (QED) is 0.643. The number of allylic oxidation sites excluding steroid dienone is 2. The van der Waals surface area contributed by atoms with Crippen molar-refractivity contribution in [3.8, 4) is 28.6 Å². The number of nitrogens with zero attached hydrogens (tertiary/aromatic N) is 3. The minimum absolute atomic E-state index is 0.125. The maximum Gasteiger partial charge on any atom is 0.231 e. The number of fused-ring (bicyclic) bond motifs is 2. The molecule has 168 valence electrons. The fourth-order valence-electron chi connectivity index (χ4n) is 4.88. The first kappa shape index (κ1) is 19.8. The summed E-state index contributed by atoms with van der Waals surface area (Å²) in [6, 6.07) is 13.0. The van der Waals surface area contributed by atoms with Crippen molar-refractivity contribution in [2.45, 2.75) is 32.7 Å². The Hall–Kier alpha value is -3.81. The molecule has 3 heterocycles.